The summed E-state index contributed by atoms with van der Waals surface area (Å²) in [7, 11) is 1.58. The molecule has 0 spiro atoms. The minimum Gasteiger partial charge on any atom is -0.490 e. The zero-order valence-corrected chi connectivity index (χ0v) is 18.3. The quantitative estimate of drug-likeness (QED) is 0.217. The van der Waals surface area contributed by atoms with Crippen LogP contribution < -0.4 is 14.8 Å². The number of methoxy groups -OCH3 is 1. The molecule has 0 aliphatic carbocycles. The van der Waals surface area contributed by atoms with Crippen molar-refractivity contribution < 1.29 is 28.5 Å². The number of carbonyl (C=O) groups excluding carboxylic acids is 2. The molecule has 0 radical (unpaired) electrons. The third-order valence-electron chi connectivity index (χ3n) is 3.46. The average Bonchev–Trinajstić information content (AvgIpc) is 2.69. The first-order valence-corrected chi connectivity index (χ1v) is 9.89. The minimum atomic E-state index is -0.497. The van der Waals surface area contributed by atoms with Gasteiger partial charge in [-0.05, 0) is 60.0 Å². The second-order valence-electron chi connectivity index (χ2n) is 5.63. The van der Waals surface area contributed by atoms with Crippen molar-refractivity contribution in [2.45, 2.75) is 20.3 Å². The molecule has 1 aromatic carbocycles. The molecule has 0 saturated carbocycles. The van der Waals surface area contributed by atoms with Crippen molar-refractivity contribution in [3.8, 4) is 17.6 Å². The van der Waals surface area contributed by atoms with Crippen molar-refractivity contribution in [1.82, 2.24) is 5.32 Å². The van der Waals surface area contributed by atoms with Gasteiger partial charge < -0.3 is 24.3 Å². The first kappa shape index (κ1) is 24.5. The monoisotopic (exact) mass is 468 g/mol. The number of halogens is 1. The van der Waals surface area contributed by atoms with E-state index in [1.165, 1.54) is 6.08 Å². The van der Waals surface area contributed by atoms with Crippen molar-refractivity contribution in [2.75, 3.05) is 40.1 Å². The number of ether oxygens (including phenoxy) is 4. The number of rotatable bonds is 12. The summed E-state index contributed by atoms with van der Waals surface area (Å²) in [5.41, 5.74) is 0.518. The highest BCUT2D eigenvalue weighted by atomic mass is 79.9. The van der Waals surface area contributed by atoms with E-state index in [1.54, 1.807) is 33.1 Å². The molecule has 0 heterocycles. The molecule has 8 nitrogen and oxygen atoms in total. The van der Waals surface area contributed by atoms with Crippen LogP contribution in [0.25, 0.3) is 6.08 Å². The van der Waals surface area contributed by atoms with Crippen LogP contribution in [0.4, 0.5) is 0 Å². The van der Waals surface area contributed by atoms with Crippen LogP contribution in [0, 0.1) is 11.3 Å². The summed E-state index contributed by atoms with van der Waals surface area (Å²) < 4.78 is 21.4. The maximum atomic E-state index is 12.2. The SMILES string of the molecule is CCOC(=O)COc1c(Br)cc(/C=C(\C#N)C(=O)NCCCOC)cc1OCC. The lowest BCUT2D eigenvalue weighted by Gasteiger charge is -2.14. The van der Waals surface area contributed by atoms with Crippen LogP contribution in [-0.2, 0) is 19.1 Å². The molecule has 0 saturated heterocycles. The molecule has 1 amide bonds. The van der Waals surface area contributed by atoms with E-state index in [2.05, 4.69) is 21.2 Å². The summed E-state index contributed by atoms with van der Waals surface area (Å²) in [6.07, 6.45) is 2.10. The summed E-state index contributed by atoms with van der Waals surface area (Å²) in [6, 6.07) is 5.19. The number of nitriles is 1. The Morgan fingerprint density at radius 3 is 2.62 bits per heavy atom. The van der Waals surface area contributed by atoms with Crippen molar-refractivity contribution in [2.24, 2.45) is 0 Å². The highest BCUT2D eigenvalue weighted by molar-refractivity contribution is 9.10. The Bertz CT molecular complexity index is 773. The Hall–Kier alpha value is -2.57. The van der Waals surface area contributed by atoms with Gasteiger partial charge >= 0.3 is 5.97 Å². The van der Waals surface area contributed by atoms with E-state index in [0.717, 1.165) is 0 Å². The van der Waals surface area contributed by atoms with Crippen LogP contribution in [0.3, 0.4) is 0 Å². The third-order valence-corrected chi connectivity index (χ3v) is 4.05. The number of amides is 1. The predicted molar refractivity (Wildman–Crippen MR) is 111 cm³/mol. The van der Waals surface area contributed by atoms with Gasteiger partial charge in [0.2, 0.25) is 0 Å². The molecule has 0 aliphatic heterocycles. The first-order valence-electron chi connectivity index (χ1n) is 9.10. The summed E-state index contributed by atoms with van der Waals surface area (Å²) >= 11 is 3.38. The van der Waals surface area contributed by atoms with Gasteiger partial charge in [-0.2, -0.15) is 5.26 Å². The molecule has 0 unspecified atom stereocenters. The number of carbonyl (C=O) groups is 2. The van der Waals surface area contributed by atoms with E-state index < -0.39 is 11.9 Å². The molecule has 0 aliphatic rings. The predicted octanol–water partition coefficient (Wildman–Crippen LogP) is 2.85. The Kier molecular flexibility index (Phi) is 11.5. The number of nitrogens with zero attached hydrogens (tertiary/aromatic N) is 1. The summed E-state index contributed by atoms with van der Waals surface area (Å²) in [6.45, 7) is 4.79. The van der Waals surface area contributed by atoms with Gasteiger partial charge in [0, 0.05) is 20.3 Å². The number of nitrogens with one attached hydrogen (secondary N) is 1. The van der Waals surface area contributed by atoms with Gasteiger partial charge in [-0.25, -0.2) is 4.79 Å². The molecule has 0 bridgehead atoms. The number of benzene rings is 1. The lowest BCUT2D eigenvalue weighted by molar-refractivity contribution is -0.145. The summed E-state index contributed by atoms with van der Waals surface area (Å²) in [5, 5.41) is 12.0. The van der Waals surface area contributed by atoms with Gasteiger partial charge in [0.25, 0.3) is 5.91 Å². The lowest BCUT2D eigenvalue weighted by Crippen LogP contribution is -2.26. The minimum absolute atomic E-state index is 0.0445. The molecular formula is C20H25BrN2O6. The summed E-state index contributed by atoms with van der Waals surface area (Å²) in [4.78, 5) is 23.7. The maximum absolute atomic E-state index is 12.2. The fourth-order valence-electron chi connectivity index (χ4n) is 2.24. The van der Waals surface area contributed by atoms with Crippen molar-refractivity contribution in [3.63, 3.8) is 0 Å². The summed E-state index contributed by atoms with van der Waals surface area (Å²) in [5.74, 6) is -0.266. The standard InChI is InChI=1S/C20H25BrN2O6/c1-4-27-17-11-14(9-15(12-22)20(25)23-7-6-8-26-3)10-16(21)19(17)29-13-18(24)28-5-2/h9-11H,4-8,13H2,1-3H3,(H,23,25)/b15-9+. The number of hydrogen-bond donors (Lipinski definition) is 1. The smallest absolute Gasteiger partial charge is 0.344 e. The van der Waals surface area contributed by atoms with Crippen molar-refractivity contribution in [1.29, 1.82) is 5.26 Å². The molecule has 0 atom stereocenters. The van der Waals surface area contributed by atoms with E-state index in [-0.39, 0.29) is 18.8 Å². The molecule has 0 aromatic heterocycles. The van der Waals surface area contributed by atoms with Gasteiger partial charge in [0.15, 0.2) is 18.1 Å². The number of hydrogen-bond acceptors (Lipinski definition) is 7. The van der Waals surface area contributed by atoms with Gasteiger partial charge in [0.1, 0.15) is 11.6 Å². The highest BCUT2D eigenvalue weighted by Crippen LogP contribution is 2.37. The van der Waals surface area contributed by atoms with Crippen LogP contribution in [0.1, 0.15) is 25.8 Å². The Labute approximate surface area is 178 Å². The maximum Gasteiger partial charge on any atom is 0.344 e. The highest BCUT2D eigenvalue weighted by Gasteiger charge is 2.15. The van der Waals surface area contributed by atoms with Gasteiger partial charge in [0.05, 0.1) is 17.7 Å². The fourth-order valence-corrected chi connectivity index (χ4v) is 2.81. The molecular weight excluding hydrogens is 444 g/mol. The Balaban J connectivity index is 3.03. The van der Waals surface area contributed by atoms with Crippen LogP contribution >= 0.6 is 15.9 Å². The topological polar surface area (TPSA) is 107 Å². The second kappa shape index (κ2) is 13.6. The average molecular weight is 469 g/mol. The molecule has 1 rings (SSSR count). The molecule has 9 heteroatoms. The van der Waals surface area contributed by atoms with E-state index in [1.807, 2.05) is 6.07 Å². The van der Waals surface area contributed by atoms with Crippen LogP contribution in [0.5, 0.6) is 11.5 Å². The van der Waals surface area contributed by atoms with E-state index in [0.29, 0.717) is 47.7 Å². The normalized spacial score (nSPS) is 10.8. The van der Waals surface area contributed by atoms with Crippen molar-refractivity contribution >= 4 is 33.9 Å². The van der Waals surface area contributed by atoms with E-state index >= 15 is 0 Å². The van der Waals surface area contributed by atoms with Crippen molar-refractivity contribution in [3.05, 3.63) is 27.7 Å². The van der Waals surface area contributed by atoms with Crippen LogP contribution in [-0.4, -0.2) is 52.0 Å². The van der Waals surface area contributed by atoms with Crippen LogP contribution in [0.15, 0.2) is 22.2 Å². The van der Waals surface area contributed by atoms with Gasteiger partial charge in [-0.3, -0.25) is 4.79 Å². The first-order chi connectivity index (χ1) is 14.0. The zero-order valence-electron chi connectivity index (χ0n) is 16.7. The Morgan fingerprint density at radius 1 is 1.24 bits per heavy atom. The second-order valence-corrected chi connectivity index (χ2v) is 6.48. The molecule has 1 aromatic rings. The number of esters is 1. The van der Waals surface area contributed by atoms with E-state index in [9.17, 15) is 14.9 Å². The zero-order chi connectivity index (χ0) is 21.6. The molecule has 29 heavy (non-hydrogen) atoms. The largest absolute Gasteiger partial charge is 0.490 e. The molecule has 0 fully saturated rings. The molecule has 1 N–H and O–H groups in total. The molecule has 158 valence electrons. The lowest BCUT2D eigenvalue weighted by atomic mass is 10.1. The Morgan fingerprint density at radius 2 is 2.00 bits per heavy atom. The third kappa shape index (κ3) is 8.54. The fraction of sp³-hybridized carbons (Fsp3) is 0.450. The van der Waals surface area contributed by atoms with Gasteiger partial charge in [-0.1, -0.05) is 0 Å². The van der Waals surface area contributed by atoms with E-state index in [4.69, 9.17) is 18.9 Å². The van der Waals surface area contributed by atoms with Crippen LogP contribution in [0.2, 0.25) is 0 Å². The van der Waals surface area contributed by atoms with Gasteiger partial charge in [-0.15, -0.1) is 0 Å².